The number of carbonyl (C=O) groups is 1. The maximum atomic E-state index is 13.3. The van der Waals surface area contributed by atoms with Crippen LogP contribution >= 0.6 is 23.4 Å². The molecule has 39 heavy (non-hydrogen) atoms. The minimum Gasteiger partial charge on any atom is -0.448 e. The van der Waals surface area contributed by atoms with Crippen molar-refractivity contribution in [3.8, 4) is 11.5 Å². The van der Waals surface area contributed by atoms with Crippen LogP contribution in [0, 0.1) is 25.6 Å². The molecule has 3 aromatic rings. The number of aryl methyl sites for hydroxylation is 1. The number of aromatic amines is 1. The number of thioether (sulfide) groups is 1. The second kappa shape index (κ2) is 10.9. The second-order valence-electron chi connectivity index (χ2n) is 10.5. The summed E-state index contributed by atoms with van der Waals surface area (Å²) in [6, 6.07) is 10.3. The van der Waals surface area contributed by atoms with Crippen LogP contribution in [0.2, 0.25) is 5.02 Å². The van der Waals surface area contributed by atoms with E-state index in [4.69, 9.17) is 21.1 Å². The summed E-state index contributed by atoms with van der Waals surface area (Å²) in [5.41, 5.74) is 3.23. The number of hydrogen-bond donors (Lipinski definition) is 2. The summed E-state index contributed by atoms with van der Waals surface area (Å²) in [5, 5.41) is 3.17. The van der Waals surface area contributed by atoms with E-state index in [1.165, 1.54) is 23.9 Å². The summed E-state index contributed by atoms with van der Waals surface area (Å²) in [6.07, 6.45) is 5.57. The van der Waals surface area contributed by atoms with Gasteiger partial charge in [0.15, 0.2) is 11.5 Å². The quantitative estimate of drug-likeness (QED) is 0.315. The molecule has 6 nitrogen and oxygen atoms in total. The van der Waals surface area contributed by atoms with E-state index in [0.29, 0.717) is 39.1 Å². The molecule has 1 fully saturated rings. The molecule has 1 atom stereocenters. The van der Waals surface area contributed by atoms with Crippen molar-refractivity contribution < 1.29 is 18.7 Å². The maximum absolute atomic E-state index is 13.3. The fourth-order valence-electron chi connectivity index (χ4n) is 5.73. The van der Waals surface area contributed by atoms with Crippen molar-refractivity contribution in [2.45, 2.75) is 69.6 Å². The average Bonchev–Trinajstić information content (AvgIpc) is 3.30. The summed E-state index contributed by atoms with van der Waals surface area (Å²) < 4.78 is 26.1. The number of amides is 1. The first kappa shape index (κ1) is 27.6. The molecule has 206 valence electrons. The number of H-pyrrole nitrogens is 1. The molecular formula is C30H32ClFN2O4S. The van der Waals surface area contributed by atoms with Gasteiger partial charge in [0.1, 0.15) is 5.82 Å². The highest BCUT2D eigenvalue weighted by Crippen LogP contribution is 2.52. The Kier molecular flexibility index (Phi) is 7.71. The molecule has 2 aliphatic rings. The molecular weight excluding hydrogens is 539 g/mol. The molecule has 0 bridgehead atoms. The van der Waals surface area contributed by atoms with Crippen molar-refractivity contribution in [1.82, 2.24) is 10.3 Å². The topological polar surface area (TPSA) is 80.4 Å². The van der Waals surface area contributed by atoms with E-state index < -0.39 is 5.79 Å². The van der Waals surface area contributed by atoms with Gasteiger partial charge in [0.25, 0.3) is 17.3 Å². The maximum Gasteiger partial charge on any atom is 0.254 e. The van der Waals surface area contributed by atoms with Crippen molar-refractivity contribution in [3.63, 3.8) is 0 Å². The number of carbonyl (C=O) groups excluding carboxylic acids is 1. The molecule has 1 aliphatic heterocycles. The van der Waals surface area contributed by atoms with E-state index in [9.17, 15) is 14.0 Å². The van der Waals surface area contributed by atoms with Crippen LogP contribution in [0.5, 0.6) is 11.5 Å². The SMILES string of the molecule is CSc1cc(C)[nH]c(=O)c1CNC(=O)c1cc(Cl)c2c(c1C)O[C@](C)([C@H]1CC[C@H](c3ccc(F)cc3)CC1)O2. The average molecular weight is 571 g/mol. The Morgan fingerprint density at radius 2 is 1.79 bits per heavy atom. The zero-order chi connectivity index (χ0) is 27.9. The first-order chi connectivity index (χ1) is 18.6. The third-order valence-electron chi connectivity index (χ3n) is 7.98. The first-order valence-electron chi connectivity index (χ1n) is 13.1. The Hall–Kier alpha value is -2.97. The van der Waals surface area contributed by atoms with Crippen LogP contribution in [-0.2, 0) is 6.54 Å². The number of hydrogen-bond acceptors (Lipinski definition) is 5. The van der Waals surface area contributed by atoms with E-state index in [1.807, 2.05) is 45.2 Å². The van der Waals surface area contributed by atoms with Gasteiger partial charge in [0, 0.05) is 46.7 Å². The Bertz CT molecular complexity index is 1470. The fraction of sp³-hybridized carbons (Fsp3) is 0.400. The standard InChI is InChI=1S/C30H32ClFN2O4S/c1-16-13-25(39-4)23(29(36)34-16)15-33-28(35)22-14-24(31)27-26(17(22)2)37-30(3,38-27)20-9-5-18(6-10-20)19-7-11-21(32)12-8-19/h7-8,11-14,18,20H,5-6,9-10,15H2,1-4H3,(H,33,35)(H,34,36)/t18-,20-,30-/m0/s1. The van der Waals surface area contributed by atoms with Crippen LogP contribution in [0.15, 0.2) is 46.1 Å². The van der Waals surface area contributed by atoms with Crippen LogP contribution in [0.1, 0.15) is 71.3 Å². The normalized spacial score (nSPS) is 22.1. The zero-order valence-electron chi connectivity index (χ0n) is 22.5. The van der Waals surface area contributed by atoms with Gasteiger partial charge in [0.05, 0.1) is 5.02 Å². The number of ether oxygens (including phenoxy) is 2. The monoisotopic (exact) mass is 570 g/mol. The van der Waals surface area contributed by atoms with Crippen LogP contribution < -0.4 is 20.3 Å². The third kappa shape index (κ3) is 5.41. The third-order valence-corrected chi connectivity index (χ3v) is 9.06. The molecule has 0 radical (unpaired) electrons. The second-order valence-corrected chi connectivity index (χ2v) is 11.8. The Labute approximate surface area is 236 Å². The number of fused-ring (bicyclic) bond motifs is 1. The predicted octanol–water partition coefficient (Wildman–Crippen LogP) is 6.90. The highest BCUT2D eigenvalue weighted by Gasteiger charge is 2.47. The minimum absolute atomic E-state index is 0.0884. The van der Waals surface area contributed by atoms with Crippen LogP contribution in [0.3, 0.4) is 0 Å². The van der Waals surface area contributed by atoms with Gasteiger partial charge in [-0.2, -0.15) is 0 Å². The van der Waals surface area contributed by atoms with Gasteiger partial charge in [-0.3, -0.25) is 9.59 Å². The number of halogens is 2. The van der Waals surface area contributed by atoms with Crippen LogP contribution in [0.4, 0.5) is 4.39 Å². The van der Waals surface area contributed by atoms with Crippen LogP contribution in [-0.4, -0.2) is 22.9 Å². The molecule has 1 aliphatic carbocycles. The summed E-state index contributed by atoms with van der Waals surface area (Å²) in [6.45, 7) is 5.66. The van der Waals surface area contributed by atoms with Gasteiger partial charge < -0.3 is 19.8 Å². The lowest BCUT2D eigenvalue weighted by Crippen LogP contribution is -2.44. The van der Waals surface area contributed by atoms with E-state index in [2.05, 4.69) is 10.3 Å². The molecule has 0 spiro atoms. The van der Waals surface area contributed by atoms with Gasteiger partial charge in [-0.05, 0) is 81.5 Å². The van der Waals surface area contributed by atoms with Crippen LogP contribution in [0.25, 0.3) is 0 Å². The van der Waals surface area contributed by atoms with Gasteiger partial charge in [0.2, 0.25) is 0 Å². The molecule has 0 unspecified atom stereocenters. The first-order valence-corrected chi connectivity index (χ1v) is 14.7. The number of pyridine rings is 1. The van der Waals surface area contributed by atoms with E-state index >= 15 is 0 Å². The van der Waals surface area contributed by atoms with E-state index in [1.54, 1.807) is 6.07 Å². The molecule has 1 amide bonds. The fourth-order valence-corrected chi connectivity index (χ4v) is 6.67. The molecule has 2 N–H and O–H groups in total. The molecule has 0 saturated heterocycles. The van der Waals surface area contributed by atoms with Gasteiger partial charge in [-0.1, -0.05) is 23.7 Å². The summed E-state index contributed by atoms with van der Waals surface area (Å²) in [7, 11) is 0. The summed E-state index contributed by atoms with van der Waals surface area (Å²) in [4.78, 5) is 29.3. The lowest BCUT2D eigenvalue weighted by Gasteiger charge is -2.37. The number of rotatable bonds is 6. The van der Waals surface area contributed by atoms with Gasteiger partial charge in [-0.15, -0.1) is 11.8 Å². The molecule has 2 heterocycles. The van der Waals surface area contributed by atoms with Crippen molar-refractivity contribution in [3.05, 3.63) is 85.5 Å². The number of benzene rings is 2. The minimum atomic E-state index is -0.901. The van der Waals surface area contributed by atoms with Crippen molar-refractivity contribution in [1.29, 1.82) is 0 Å². The van der Waals surface area contributed by atoms with Crippen molar-refractivity contribution in [2.24, 2.45) is 5.92 Å². The number of nitrogens with one attached hydrogen (secondary N) is 2. The van der Waals surface area contributed by atoms with Gasteiger partial charge in [-0.25, -0.2) is 4.39 Å². The Balaban J connectivity index is 1.30. The summed E-state index contributed by atoms with van der Waals surface area (Å²) in [5.74, 6) is -0.0279. The number of aromatic nitrogens is 1. The largest absolute Gasteiger partial charge is 0.448 e. The Morgan fingerprint density at radius 1 is 1.13 bits per heavy atom. The molecule has 5 rings (SSSR count). The molecule has 1 aromatic heterocycles. The highest BCUT2D eigenvalue weighted by molar-refractivity contribution is 7.98. The zero-order valence-corrected chi connectivity index (χ0v) is 24.0. The van der Waals surface area contributed by atoms with Crippen molar-refractivity contribution in [2.75, 3.05) is 6.26 Å². The van der Waals surface area contributed by atoms with E-state index in [-0.39, 0.29) is 29.7 Å². The molecule has 9 heteroatoms. The van der Waals surface area contributed by atoms with E-state index in [0.717, 1.165) is 41.8 Å². The predicted molar refractivity (Wildman–Crippen MR) is 152 cm³/mol. The smallest absolute Gasteiger partial charge is 0.254 e. The van der Waals surface area contributed by atoms with Gasteiger partial charge >= 0.3 is 0 Å². The summed E-state index contributed by atoms with van der Waals surface area (Å²) >= 11 is 8.07. The highest BCUT2D eigenvalue weighted by atomic mass is 35.5. The lowest BCUT2D eigenvalue weighted by atomic mass is 9.76. The molecule has 2 aromatic carbocycles. The Morgan fingerprint density at radius 3 is 2.46 bits per heavy atom. The lowest BCUT2D eigenvalue weighted by molar-refractivity contribution is -0.121. The molecule has 1 saturated carbocycles. The van der Waals surface area contributed by atoms with Crippen molar-refractivity contribution >= 4 is 29.3 Å².